The Morgan fingerprint density at radius 1 is 1.11 bits per heavy atom. The number of ether oxygens (including phenoxy) is 1. The van der Waals surface area contributed by atoms with Crippen molar-refractivity contribution >= 4 is 46.5 Å². The lowest BCUT2D eigenvalue weighted by Crippen LogP contribution is -2.28. The van der Waals surface area contributed by atoms with Gasteiger partial charge in [-0.25, -0.2) is 9.78 Å². The first-order chi connectivity index (χ1) is 17.8. The number of aromatic nitrogens is 2. The highest BCUT2D eigenvalue weighted by Gasteiger charge is 2.31. The number of urea groups is 1. The van der Waals surface area contributed by atoms with E-state index in [0.717, 1.165) is 27.0 Å². The first-order valence-electron chi connectivity index (χ1n) is 11.0. The summed E-state index contributed by atoms with van der Waals surface area (Å²) in [4.78, 5) is 16.5. The van der Waals surface area contributed by atoms with Gasteiger partial charge >= 0.3 is 12.4 Å². The van der Waals surface area contributed by atoms with E-state index in [1.54, 1.807) is 35.2 Å². The molecule has 0 bridgehead atoms. The van der Waals surface area contributed by atoms with Crippen LogP contribution in [-0.2, 0) is 0 Å². The lowest BCUT2D eigenvalue weighted by Gasteiger charge is -2.10. The van der Waals surface area contributed by atoms with Crippen LogP contribution in [0.1, 0.15) is 6.42 Å². The Hall–Kier alpha value is -4.44. The number of imidazole rings is 1. The van der Waals surface area contributed by atoms with Gasteiger partial charge in [-0.2, -0.15) is 5.11 Å². The number of allylic oxidation sites excluding steroid dienone is 1. The van der Waals surface area contributed by atoms with E-state index in [9.17, 15) is 18.0 Å². The molecular weight excluding hydrogens is 507 g/mol. The van der Waals surface area contributed by atoms with Crippen molar-refractivity contribution in [3.05, 3.63) is 94.2 Å². The van der Waals surface area contributed by atoms with Gasteiger partial charge in [-0.15, -0.1) is 13.2 Å². The molecular formula is C26H17ClF3N5O2. The van der Waals surface area contributed by atoms with Crippen molar-refractivity contribution in [2.45, 2.75) is 12.8 Å². The van der Waals surface area contributed by atoms with E-state index in [4.69, 9.17) is 11.6 Å². The van der Waals surface area contributed by atoms with E-state index < -0.39 is 12.4 Å². The molecule has 1 aliphatic carbocycles. The van der Waals surface area contributed by atoms with Crippen LogP contribution in [0.25, 0.3) is 28.9 Å². The molecule has 0 unspecified atom stereocenters. The van der Waals surface area contributed by atoms with Crippen molar-refractivity contribution in [1.29, 1.82) is 0 Å². The molecule has 0 spiro atoms. The lowest BCUT2D eigenvalue weighted by molar-refractivity contribution is -0.274. The van der Waals surface area contributed by atoms with Gasteiger partial charge in [0.05, 0.1) is 27.9 Å². The van der Waals surface area contributed by atoms with E-state index >= 15 is 0 Å². The predicted molar refractivity (Wildman–Crippen MR) is 134 cm³/mol. The molecule has 0 saturated carbocycles. The van der Waals surface area contributed by atoms with Gasteiger partial charge in [0, 0.05) is 10.9 Å². The molecule has 1 aliphatic rings. The summed E-state index contributed by atoms with van der Waals surface area (Å²) in [6.45, 7) is 0. The van der Waals surface area contributed by atoms with Crippen LogP contribution >= 0.6 is 11.6 Å². The number of hydrogen-bond acceptors (Lipinski definition) is 4. The van der Waals surface area contributed by atoms with E-state index in [1.807, 2.05) is 24.3 Å². The standard InChI is InChI=1S/C26H17ClF3N5O2/c27-21-3-1-2-4-22(21)33-25(36)34-32-14-16-5-11-20-17(13-16)6-12-23-24(20)31-15-35(23)18-7-9-19(10-8-18)37-26(28,29)30/h1-4,6-15H,5H2,(H,33,36)/b16-14+,34-32?. The van der Waals surface area contributed by atoms with Crippen LogP contribution < -0.4 is 20.5 Å². The molecule has 1 N–H and O–H groups in total. The van der Waals surface area contributed by atoms with Crippen molar-refractivity contribution < 1.29 is 22.7 Å². The molecule has 0 atom stereocenters. The van der Waals surface area contributed by atoms with E-state index in [-0.39, 0.29) is 5.75 Å². The number of nitrogens with one attached hydrogen (secondary N) is 1. The number of carbonyl (C=O) groups is 1. The van der Waals surface area contributed by atoms with Crippen LogP contribution in [0.4, 0.5) is 23.7 Å². The Kier molecular flexibility index (Phi) is 6.49. The van der Waals surface area contributed by atoms with Crippen LogP contribution in [-0.4, -0.2) is 21.9 Å². The number of carbonyl (C=O) groups excluding carboxylic acids is 1. The SMILES string of the molecule is O=C(N=N/C=C1/C=c2ccc3c(ncn3-c3ccc(OC(F)(F)F)cc3)c2=CC1)Nc1ccccc1Cl. The number of anilines is 1. The summed E-state index contributed by atoms with van der Waals surface area (Å²) in [5.74, 6) is -0.293. The van der Waals surface area contributed by atoms with Crippen LogP contribution in [0.5, 0.6) is 5.75 Å². The Morgan fingerprint density at radius 2 is 1.89 bits per heavy atom. The number of halogens is 4. The van der Waals surface area contributed by atoms with Crippen LogP contribution in [0.3, 0.4) is 0 Å². The molecule has 0 fully saturated rings. The molecule has 1 aromatic heterocycles. The van der Waals surface area contributed by atoms with Gasteiger partial charge in [0.2, 0.25) is 0 Å². The summed E-state index contributed by atoms with van der Waals surface area (Å²) in [6, 6.07) is 15.6. The van der Waals surface area contributed by atoms with Gasteiger partial charge in [0.1, 0.15) is 12.1 Å². The molecule has 5 rings (SSSR count). The number of azo groups is 1. The highest BCUT2D eigenvalue weighted by molar-refractivity contribution is 6.33. The number of benzene rings is 3. The second-order valence-corrected chi connectivity index (χ2v) is 8.38. The summed E-state index contributed by atoms with van der Waals surface area (Å²) in [5.41, 5.74) is 3.50. The molecule has 37 heavy (non-hydrogen) atoms. The van der Waals surface area contributed by atoms with Crippen molar-refractivity contribution in [2.75, 3.05) is 5.32 Å². The smallest absolute Gasteiger partial charge is 0.406 e. The minimum absolute atomic E-state index is 0.293. The molecule has 0 radical (unpaired) electrons. The zero-order valence-electron chi connectivity index (χ0n) is 18.9. The third-order valence-electron chi connectivity index (χ3n) is 5.51. The van der Waals surface area contributed by atoms with Gasteiger partial charge < -0.3 is 10.1 Å². The fraction of sp³-hybridized carbons (Fsp3) is 0.0769. The van der Waals surface area contributed by atoms with Crippen molar-refractivity contribution in [3.8, 4) is 11.4 Å². The zero-order valence-corrected chi connectivity index (χ0v) is 19.7. The molecule has 0 saturated heterocycles. The quantitative estimate of drug-likeness (QED) is 0.328. The van der Waals surface area contributed by atoms with Crippen molar-refractivity contribution in [2.24, 2.45) is 10.2 Å². The molecule has 11 heteroatoms. The fourth-order valence-corrected chi connectivity index (χ4v) is 4.08. The number of nitrogens with zero attached hydrogens (tertiary/aromatic N) is 4. The third kappa shape index (κ3) is 5.54. The average Bonchev–Trinajstić information content (AvgIpc) is 3.29. The number of rotatable bonds is 4. The minimum Gasteiger partial charge on any atom is -0.406 e. The Balaban J connectivity index is 1.35. The van der Waals surface area contributed by atoms with Crippen LogP contribution in [0.2, 0.25) is 5.02 Å². The lowest BCUT2D eigenvalue weighted by atomic mass is 10.0. The molecule has 2 amide bonds. The molecule has 0 aliphatic heterocycles. The van der Waals surface area contributed by atoms with Crippen molar-refractivity contribution in [3.63, 3.8) is 0 Å². The Labute approximate surface area is 212 Å². The summed E-state index contributed by atoms with van der Waals surface area (Å²) in [6.07, 6.45) is 2.87. The largest absolute Gasteiger partial charge is 0.573 e. The Bertz CT molecular complexity index is 1680. The monoisotopic (exact) mass is 523 g/mol. The first-order valence-corrected chi connectivity index (χ1v) is 11.3. The van der Waals surface area contributed by atoms with E-state index in [0.29, 0.717) is 22.8 Å². The highest BCUT2D eigenvalue weighted by Crippen LogP contribution is 2.25. The van der Waals surface area contributed by atoms with Crippen LogP contribution in [0, 0.1) is 0 Å². The summed E-state index contributed by atoms with van der Waals surface area (Å²) >= 11 is 6.02. The maximum Gasteiger partial charge on any atom is 0.573 e. The summed E-state index contributed by atoms with van der Waals surface area (Å²) < 4.78 is 43.0. The van der Waals surface area contributed by atoms with Gasteiger partial charge in [-0.3, -0.25) is 4.57 Å². The predicted octanol–water partition coefficient (Wildman–Crippen LogP) is 6.11. The topological polar surface area (TPSA) is 80.9 Å². The number of alkyl halides is 3. The normalized spacial score (nSPS) is 14.3. The van der Waals surface area contributed by atoms with Crippen LogP contribution in [0.15, 0.2) is 89.0 Å². The summed E-state index contributed by atoms with van der Waals surface area (Å²) in [7, 11) is 0. The number of amides is 2. The highest BCUT2D eigenvalue weighted by atomic mass is 35.5. The van der Waals surface area contributed by atoms with Gasteiger partial charge in [0.25, 0.3) is 0 Å². The Morgan fingerprint density at radius 3 is 2.65 bits per heavy atom. The average molecular weight is 524 g/mol. The zero-order chi connectivity index (χ0) is 26.0. The minimum atomic E-state index is -4.74. The second-order valence-electron chi connectivity index (χ2n) is 7.97. The third-order valence-corrected chi connectivity index (χ3v) is 5.84. The molecule has 7 nitrogen and oxygen atoms in total. The first kappa shape index (κ1) is 24.3. The van der Waals surface area contributed by atoms with Gasteiger partial charge in [-0.05, 0) is 65.8 Å². The number of para-hydroxylation sites is 1. The fourth-order valence-electron chi connectivity index (χ4n) is 3.90. The number of fused-ring (bicyclic) bond motifs is 3. The van der Waals surface area contributed by atoms with E-state index in [1.165, 1.54) is 30.5 Å². The van der Waals surface area contributed by atoms with Crippen molar-refractivity contribution in [1.82, 2.24) is 9.55 Å². The van der Waals surface area contributed by atoms with Gasteiger partial charge in [0.15, 0.2) is 0 Å². The maximum absolute atomic E-state index is 12.4. The summed E-state index contributed by atoms with van der Waals surface area (Å²) in [5, 5.41) is 12.3. The second kappa shape index (κ2) is 9.90. The van der Waals surface area contributed by atoms with E-state index in [2.05, 4.69) is 25.3 Å². The molecule has 3 aromatic carbocycles. The maximum atomic E-state index is 12.4. The molecule has 186 valence electrons. The molecule has 4 aromatic rings. The van der Waals surface area contributed by atoms with Gasteiger partial charge in [-0.1, -0.05) is 41.0 Å². The number of hydrogen-bond donors (Lipinski definition) is 1. The molecule has 1 heterocycles.